The molecule has 0 radical (unpaired) electrons. The van der Waals surface area contributed by atoms with Crippen molar-refractivity contribution >= 4 is 22.9 Å². The van der Waals surface area contributed by atoms with E-state index in [-0.39, 0.29) is 11.8 Å². The molecule has 2 N–H and O–H groups in total. The second-order valence-electron chi connectivity index (χ2n) is 4.60. The van der Waals surface area contributed by atoms with Gasteiger partial charge in [0, 0.05) is 23.3 Å². The summed E-state index contributed by atoms with van der Waals surface area (Å²) in [5.41, 5.74) is 2.14. The summed E-state index contributed by atoms with van der Waals surface area (Å²) in [5.74, 6) is -0.0393. The van der Waals surface area contributed by atoms with E-state index in [0.29, 0.717) is 13.1 Å². The largest absolute Gasteiger partial charge is 0.384 e. The highest BCUT2D eigenvalue weighted by Crippen LogP contribution is 2.31. The molecule has 1 aliphatic heterocycles. The van der Waals surface area contributed by atoms with E-state index in [1.165, 1.54) is 0 Å². The Hall–Kier alpha value is -1.88. The van der Waals surface area contributed by atoms with Crippen LogP contribution in [0.4, 0.5) is 5.69 Å². The molecule has 2 heterocycles. The lowest BCUT2D eigenvalue weighted by molar-refractivity contribution is -0.122. The second kappa shape index (κ2) is 5.01. The quantitative estimate of drug-likeness (QED) is 0.902. The molecule has 0 spiro atoms. The predicted molar refractivity (Wildman–Crippen MR) is 76.4 cm³/mol. The summed E-state index contributed by atoms with van der Waals surface area (Å²) in [5, 5.41) is 7.17. The lowest BCUT2D eigenvalue weighted by Crippen LogP contribution is -2.29. The van der Waals surface area contributed by atoms with Crippen LogP contribution in [0.2, 0.25) is 0 Å². The average Bonchev–Trinajstić information content (AvgIpc) is 3.02. The Balaban J connectivity index is 1.66. The molecule has 0 fully saturated rings. The molecular formula is C14H15N3OS. The number of amides is 1. The molecule has 0 aliphatic carbocycles. The average molecular weight is 273 g/mol. The fraction of sp³-hybridized carbons (Fsp3) is 0.286. The molecule has 98 valence electrons. The molecule has 1 aromatic carbocycles. The summed E-state index contributed by atoms with van der Waals surface area (Å²) in [6, 6.07) is 7.96. The number of para-hydroxylation sites is 1. The predicted octanol–water partition coefficient (Wildman–Crippen LogP) is 2.28. The topological polar surface area (TPSA) is 54.0 Å². The fourth-order valence-corrected chi connectivity index (χ4v) is 3.01. The number of nitrogens with one attached hydrogen (secondary N) is 2. The van der Waals surface area contributed by atoms with Crippen LogP contribution in [0.5, 0.6) is 0 Å². The van der Waals surface area contributed by atoms with Gasteiger partial charge in [0.1, 0.15) is 5.01 Å². The Labute approximate surface area is 115 Å². The molecule has 1 unspecified atom stereocenters. The highest BCUT2D eigenvalue weighted by Gasteiger charge is 2.27. The molecule has 1 aromatic heterocycles. The standard InChI is InChI=1S/C14H15N3OS/c1-9-6-16-13(19-9)8-17-14(18)11-7-15-12-5-3-2-4-10(11)12/h2-6,11,15H,7-8H2,1H3,(H,17,18). The number of hydrogen-bond donors (Lipinski definition) is 2. The maximum Gasteiger partial charge on any atom is 0.229 e. The van der Waals surface area contributed by atoms with Crippen molar-refractivity contribution in [1.82, 2.24) is 10.3 Å². The molecule has 4 nitrogen and oxygen atoms in total. The molecule has 5 heteroatoms. The summed E-state index contributed by atoms with van der Waals surface area (Å²) in [4.78, 5) is 17.6. The number of thiazole rings is 1. The Kier molecular flexibility index (Phi) is 3.21. The minimum atomic E-state index is -0.0998. The molecule has 0 bridgehead atoms. The Morgan fingerprint density at radius 2 is 2.37 bits per heavy atom. The SMILES string of the molecule is Cc1cnc(CNC(=O)C2CNc3ccccc32)s1. The van der Waals surface area contributed by atoms with E-state index in [2.05, 4.69) is 15.6 Å². The Bertz CT molecular complexity index is 608. The van der Waals surface area contributed by atoms with Crippen LogP contribution in [0.15, 0.2) is 30.5 Å². The zero-order chi connectivity index (χ0) is 13.2. The van der Waals surface area contributed by atoms with Gasteiger partial charge < -0.3 is 10.6 Å². The molecule has 1 atom stereocenters. The molecule has 2 aromatic rings. The number of fused-ring (bicyclic) bond motifs is 1. The summed E-state index contributed by atoms with van der Waals surface area (Å²) >= 11 is 1.62. The van der Waals surface area contributed by atoms with Crippen molar-refractivity contribution in [3.8, 4) is 0 Å². The lowest BCUT2D eigenvalue weighted by Gasteiger charge is -2.10. The molecule has 0 saturated carbocycles. The van der Waals surface area contributed by atoms with Crippen molar-refractivity contribution in [3.05, 3.63) is 45.9 Å². The van der Waals surface area contributed by atoms with Crippen LogP contribution in [0.1, 0.15) is 21.4 Å². The van der Waals surface area contributed by atoms with Crippen LogP contribution in [0.3, 0.4) is 0 Å². The molecule has 1 amide bonds. The van der Waals surface area contributed by atoms with Gasteiger partial charge in [-0.2, -0.15) is 0 Å². The van der Waals surface area contributed by atoms with Crippen molar-refractivity contribution < 1.29 is 4.79 Å². The van der Waals surface area contributed by atoms with Crippen molar-refractivity contribution in [1.29, 1.82) is 0 Å². The van der Waals surface area contributed by atoms with E-state index in [4.69, 9.17) is 0 Å². The molecule has 1 aliphatic rings. The van der Waals surface area contributed by atoms with E-state index in [9.17, 15) is 4.79 Å². The molecule has 19 heavy (non-hydrogen) atoms. The Morgan fingerprint density at radius 3 is 3.16 bits per heavy atom. The van der Waals surface area contributed by atoms with E-state index in [0.717, 1.165) is 21.1 Å². The van der Waals surface area contributed by atoms with Crippen LogP contribution in [-0.2, 0) is 11.3 Å². The summed E-state index contributed by atoms with van der Waals surface area (Å²) in [6.07, 6.45) is 1.83. The number of aromatic nitrogens is 1. The number of aryl methyl sites for hydroxylation is 1. The third-order valence-corrected chi connectivity index (χ3v) is 4.15. The van der Waals surface area contributed by atoms with E-state index >= 15 is 0 Å². The van der Waals surface area contributed by atoms with Crippen LogP contribution in [0.25, 0.3) is 0 Å². The second-order valence-corrected chi connectivity index (χ2v) is 5.92. The van der Waals surface area contributed by atoms with Crippen LogP contribution >= 0.6 is 11.3 Å². The first kappa shape index (κ1) is 12.2. The maximum absolute atomic E-state index is 12.2. The summed E-state index contributed by atoms with van der Waals surface area (Å²) < 4.78 is 0. The minimum Gasteiger partial charge on any atom is -0.384 e. The highest BCUT2D eigenvalue weighted by molar-refractivity contribution is 7.11. The van der Waals surface area contributed by atoms with Crippen LogP contribution in [-0.4, -0.2) is 17.4 Å². The number of benzene rings is 1. The van der Waals surface area contributed by atoms with Gasteiger partial charge in [-0.3, -0.25) is 4.79 Å². The number of rotatable bonds is 3. The first-order valence-electron chi connectivity index (χ1n) is 6.26. The third-order valence-electron chi connectivity index (χ3n) is 3.23. The van der Waals surface area contributed by atoms with Crippen molar-refractivity contribution in [2.24, 2.45) is 0 Å². The van der Waals surface area contributed by atoms with Gasteiger partial charge in [0.15, 0.2) is 0 Å². The van der Waals surface area contributed by atoms with E-state index in [1.54, 1.807) is 11.3 Å². The number of anilines is 1. The molecule has 3 rings (SSSR count). The number of nitrogens with zero attached hydrogens (tertiary/aromatic N) is 1. The van der Waals surface area contributed by atoms with Crippen molar-refractivity contribution in [2.75, 3.05) is 11.9 Å². The third kappa shape index (κ3) is 2.46. The van der Waals surface area contributed by atoms with Gasteiger partial charge in [-0.15, -0.1) is 11.3 Å². The van der Waals surface area contributed by atoms with Gasteiger partial charge in [-0.1, -0.05) is 18.2 Å². The fourth-order valence-electron chi connectivity index (χ4n) is 2.29. The normalized spacial score (nSPS) is 16.8. The van der Waals surface area contributed by atoms with Crippen LogP contribution in [0, 0.1) is 6.92 Å². The molecule has 0 saturated heterocycles. The van der Waals surface area contributed by atoms with Crippen molar-refractivity contribution in [3.63, 3.8) is 0 Å². The van der Waals surface area contributed by atoms with E-state index in [1.807, 2.05) is 37.4 Å². The monoisotopic (exact) mass is 273 g/mol. The van der Waals surface area contributed by atoms with Gasteiger partial charge in [0.2, 0.25) is 5.91 Å². The van der Waals surface area contributed by atoms with Gasteiger partial charge >= 0.3 is 0 Å². The van der Waals surface area contributed by atoms with Crippen LogP contribution < -0.4 is 10.6 Å². The van der Waals surface area contributed by atoms with Gasteiger partial charge in [-0.05, 0) is 18.6 Å². The highest BCUT2D eigenvalue weighted by atomic mass is 32.1. The smallest absolute Gasteiger partial charge is 0.229 e. The minimum absolute atomic E-state index is 0.0605. The number of carbonyl (C=O) groups is 1. The summed E-state index contributed by atoms with van der Waals surface area (Å²) in [6.45, 7) is 3.19. The van der Waals surface area contributed by atoms with Crippen molar-refractivity contribution in [2.45, 2.75) is 19.4 Å². The Morgan fingerprint density at radius 1 is 1.53 bits per heavy atom. The van der Waals surface area contributed by atoms with Gasteiger partial charge in [-0.25, -0.2) is 4.98 Å². The zero-order valence-corrected chi connectivity index (χ0v) is 11.5. The summed E-state index contributed by atoms with van der Waals surface area (Å²) in [7, 11) is 0. The van der Waals surface area contributed by atoms with Gasteiger partial charge in [0.05, 0.1) is 12.5 Å². The number of hydrogen-bond acceptors (Lipinski definition) is 4. The lowest BCUT2D eigenvalue weighted by atomic mass is 10.0. The van der Waals surface area contributed by atoms with Gasteiger partial charge in [0.25, 0.3) is 0 Å². The maximum atomic E-state index is 12.2. The zero-order valence-electron chi connectivity index (χ0n) is 10.6. The first-order valence-corrected chi connectivity index (χ1v) is 7.07. The molecular weight excluding hydrogens is 258 g/mol. The number of carbonyl (C=O) groups excluding carboxylic acids is 1. The first-order chi connectivity index (χ1) is 9.24. The van der Waals surface area contributed by atoms with E-state index < -0.39 is 0 Å².